The lowest BCUT2D eigenvalue weighted by molar-refractivity contribution is -0.172. The number of rotatable bonds is 5. The van der Waals surface area contributed by atoms with Gasteiger partial charge < -0.3 is 19.1 Å². The molecule has 0 aliphatic carbocycles. The van der Waals surface area contributed by atoms with Crippen LogP contribution < -0.4 is 15.5 Å². The van der Waals surface area contributed by atoms with Gasteiger partial charge >= 0.3 is 11.9 Å². The predicted molar refractivity (Wildman–Crippen MR) is 138 cm³/mol. The Morgan fingerprint density at radius 3 is 2.75 bits per heavy atom. The van der Waals surface area contributed by atoms with Crippen molar-refractivity contribution in [2.24, 2.45) is 0 Å². The zero-order valence-corrected chi connectivity index (χ0v) is 21.8. The van der Waals surface area contributed by atoms with Crippen LogP contribution in [-0.2, 0) is 33.1 Å². The van der Waals surface area contributed by atoms with Crippen molar-refractivity contribution in [3.05, 3.63) is 64.0 Å². The van der Waals surface area contributed by atoms with Crippen molar-refractivity contribution in [3.8, 4) is 17.1 Å². The molecule has 0 radical (unpaired) electrons. The van der Waals surface area contributed by atoms with Gasteiger partial charge in [-0.2, -0.15) is 0 Å². The van der Waals surface area contributed by atoms with Gasteiger partial charge in [-0.25, -0.2) is 9.78 Å². The number of fused-ring (bicyclic) bond motifs is 5. The molecular weight excluding hydrogens is 476 g/mol. The molecule has 1 N–H and O–H groups in total. The van der Waals surface area contributed by atoms with Crippen LogP contribution in [0.4, 0.5) is 0 Å². The number of hydrogen-bond acceptors (Lipinski definition) is 7. The monoisotopic (exact) mass is 504 g/mol. The van der Waals surface area contributed by atoms with Crippen LogP contribution >= 0.6 is 0 Å². The maximum atomic E-state index is 13.5. The molecule has 0 saturated carbocycles. The van der Waals surface area contributed by atoms with Crippen molar-refractivity contribution in [1.82, 2.24) is 9.55 Å². The van der Waals surface area contributed by atoms with E-state index in [4.69, 9.17) is 14.5 Å². The van der Waals surface area contributed by atoms with Gasteiger partial charge in [0.25, 0.3) is 5.56 Å². The maximum Gasteiger partial charge on any atom is 0.343 e. The minimum Gasteiger partial charge on any atom is -0.458 e. The molecule has 1 atom stereocenters. The number of esters is 2. The van der Waals surface area contributed by atoms with E-state index < -0.39 is 25.6 Å². The number of carbonyl (C=O) groups is 2. The standard InChI is InChI=1S/C27H28N2O6Si/c1-6-10-36(4,5)22-9-8-21(35-15(3)30)17-11-16-13-29-20(23(16)28-24(17)22)12-19-18(25(29)31)14-34-26(32)27(19,33)7-2/h6,8-9,11-12,33H,1,7,10,13-14H2,2-5H3/t27-/m0/s1. The largest absolute Gasteiger partial charge is 0.458 e. The molecular formula is C27H28N2O6Si. The van der Waals surface area contributed by atoms with Crippen LogP contribution in [0.25, 0.3) is 22.3 Å². The van der Waals surface area contributed by atoms with E-state index in [1.165, 1.54) is 6.92 Å². The number of hydrogen-bond donors (Lipinski definition) is 1. The molecule has 0 unspecified atom stereocenters. The van der Waals surface area contributed by atoms with Gasteiger partial charge in [0.2, 0.25) is 0 Å². The van der Waals surface area contributed by atoms with E-state index in [9.17, 15) is 19.5 Å². The summed E-state index contributed by atoms with van der Waals surface area (Å²) in [4.78, 5) is 42.8. The van der Waals surface area contributed by atoms with Crippen molar-refractivity contribution in [3.63, 3.8) is 0 Å². The summed E-state index contributed by atoms with van der Waals surface area (Å²) in [5, 5.41) is 12.9. The van der Waals surface area contributed by atoms with E-state index in [1.807, 2.05) is 24.3 Å². The van der Waals surface area contributed by atoms with Crippen LogP contribution in [0.5, 0.6) is 5.75 Å². The SMILES string of the molecule is C=CC[Si](C)(C)c1ccc(OC(C)=O)c2cc3c(nc12)-c1cc2c(c(=O)n1C3)COC(=O)[C@]2(O)CC. The lowest BCUT2D eigenvalue weighted by atomic mass is 9.86. The number of nitrogens with zero attached hydrogens (tertiary/aromatic N) is 2. The van der Waals surface area contributed by atoms with Crippen LogP contribution in [0, 0.1) is 0 Å². The van der Waals surface area contributed by atoms with Gasteiger partial charge in [0.15, 0.2) is 5.60 Å². The molecule has 3 aromatic rings. The van der Waals surface area contributed by atoms with Crippen LogP contribution in [-0.4, -0.2) is 34.7 Å². The second kappa shape index (κ2) is 8.24. The summed E-state index contributed by atoms with van der Waals surface area (Å²) < 4.78 is 12.3. The third-order valence-electron chi connectivity index (χ3n) is 7.27. The zero-order chi connectivity index (χ0) is 26.0. The second-order valence-electron chi connectivity index (χ2n) is 10.1. The number of pyridine rings is 2. The number of allylic oxidation sites excluding steroid dienone is 1. The molecule has 2 aliphatic rings. The molecule has 1 aromatic carbocycles. The quantitative estimate of drug-likeness (QED) is 0.193. The Labute approximate surface area is 209 Å². The number of carbonyl (C=O) groups excluding carboxylic acids is 2. The van der Waals surface area contributed by atoms with Gasteiger partial charge in [0.1, 0.15) is 12.4 Å². The highest BCUT2D eigenvalue weighted by atomic mass is 28.3. The van der Waals surface area contributed by atoms with Crippen molar-refractivity contribution in [1.29, 1.82) is 0 Å². The lowest BCUT2D eigenvalue weighted by Crippen LogP contribution is -2.44. The van der Waals surface area contributed by atoms with Crippen LogP contribution in [0.15, 0.2) is 41.7 Å². The molecule has 0 fully saturated rings. The summed E-state index contributed by atoms with van der Waals surface area (Å²) in [7, 11) is -1.99. The number of aliphatic hydroxyl groups is 1. The normalized spacial score (nSPS) is 18.3. The van der Waals surface area contributed by atoms with Crippen LogP contribution in [0.3, 0.4) is 0 Å². The summed E-state index contributed by atoms with van der Waals surface area (Å²) in [6, 6.07) is 8.24. The molecule has 2 aliphatic heterocycles. The fraction of sp³-hybridized carbons (Fsp3) is 0.333. The van der Waals surface area contributed by atoms with E-state index in [0.29, 0.717) is 22.5 Å². The highest BCUT2D eigenvalue weighted by Gasteiger charge is 2.45. The van der Waals surface area contributed by atoms with Gasteiger partial charge in [0, 0.05) is 23.4 Å². The molecule has 0 bridgehead atoms. The number of aromatic nitrogens is 2. The first-order valence-electron chi connectivity index (χ1n) is 12.0. The van der Waals surface area contributed by atoms with Crippen molar-refractivity contribution in [2.75, 3.05) is 0 Å². The Balaban J connectivity index is 1.80. The fourth-order valence-corrected chi connectivity index (χ4v) is 7.61. The Morgan fingerprint density at radius 1 is 1.33 bits per heavy atom. The Kier molecular flexibility index (Phi) is 5.53. The summed E-state index contributed by atoms with van der Waals surface area (Å²) in [5.74, 6) is -0.762. The first-order valence-corrected chi connectivity index (χ1v) is 15.2. The number of cyclic esters (lactones) is 1. The van der Waals surface area contributed by atoms with Gasteiger partial charge in [-0.05, 0) is 35.9 Å². The number of benzene rings is 1. The van der Waals surface area contributed by atoms with Gasteiger partial charge in [-0.3, -0.25) is 9.59 Å². The summed E-state index contributed by atoms with van der Waals surface area (Å²) >= 11 is 0. The smallest absolute Gasteiger partial charge is 0.343 e. The van der Waals surface area contributed by atoms with E-state index in [0.717, 1.165) is 22.3 Å². The average Bonchev–Trinajstić information content (AvgIpc) is 3.18. The molecule has 36 heavy (non-hydrogen) atoms. The Bertz CT molecular complexity index is 1540. The summed E-state index contributed by atoms with van der Waals surface area (Å²) in [5.41, 5.74) is 1.04. The highest BCUT2D eigenvalue weighted by molar-refractivity contribution is 6.91. The van der Waals surface area contributed by atoms with Gasteiger partial charge in [-0.15, -0.1) is 6.58 Å². The zero-order valence-electron chi connectivity index (χ0n) is 20.8. The Morgan fingerprint density at radius 2 is 2.08 bits per heavy atom. The average molecular weight is 505 g/mol. The highest BCUT2D eigenvalue weighted by Crippen LogP contribution is 2.39. The maximum absolute atomic E-state index is 13.5. The fourth-order valence-electron chi connectivity index (χ4n) is 5.30. The number of ether oxygens (including phenoxy) is 2. The van der Waals surface area contributed by atoms with E-state index in [-0.39, 0.29) is 36.3 Å². The summed E-state index contributed by atoms with van der Waals surface area (Å²) in [6.45, 7) is 11.5. The lowest BCUT2D eigenvalue weighted by Gasteiger charge is -2.31. The molecule has 0 saturated heterocycles. The third-order valence-corrected chi connectivity index (χ3v) is 10.4. The molecule has 0 amide bonds. The minimum absolute atomic E-state index is 0.0803. The van der Waals surface area contributed by atoms with Crippen molar-refractivity contribution < 1.29 is 24.2 Å². The molecule has 4 heterocycles. The predicted octanol–water partition coefficient (Wildman–Crippen LogP) is 3.11. The van der Waals surface area contributed by atoms with E-state index >= 15 is 0 Å². The van der Waals surface area contributed by atoms with Gasteiger partial charge in [-0.1, -0.05) is 32.2 Å². The Hall–Kier alpha value is -3.56. The molecule has 5 rings (SSSR count). The second-order valence-corrected chi connectivity index (χ2v) is 14.8. The third kappa shape index (κ3) is 3.45. The first-order chi connectivity index (χ1) is 17.0. The van der Waals surface area contributed by atoms with Crippen molar-refractivity contribution >= 4 is 36.1 Å². The molecule has 2 aromatic heterocycles. The summed E-state index contributed by atoms with van der Waals surface area (Å²) in [6.07, 6.45) is 1.99. The van der Waals surface area contributed by atoms with Crippen LogP contribution in [0.2, 0.25) is 19.1 Å². The van der Waals surface area contributed by atoms with Crippen molar-refractivity contribution in [2.45, 2.75) is 58.2 Å². The topological polar surface area (TPSA) is 108 Å². The molecule has 9 heteroatoms. The molecule has 8 nitrogen and oxygen atoms in total. The molecule has 0 spiro atoms. The van der Waals surface area contributed by atoms with E-state index in [2.05, 4.69) is 19.7 Å². The molecule has 186 valence electrons. The van der Waals surface area contributed by atoms with Gasteiger partial charge in [0.05, 0.1) is 37.1 Å². The van der Waals surface area contributed by atoms with E-state index in [1.54, 1.807) is 17.6 Å². The first kappa shape index (κ1) is 24.1. The van der Waals surface area contributed by atoms with Crippen LogP contribution in [0.1, 0.15) is 37.0 Å². The minimum atomic E-state index is -1.99.